The van der Waals surface area contributed by atoms with Crippen molar-refractivity contribution in [1.29, 1.82) is 0 Å². The number of esters is 1. The number of carbonyl (C=O) groups is 2. The second-order valence-corrected chi connectivity index (χ2v) is 8.93. The summed E-state index contributed by atoms with van der Waals surface area (Å²) in [7, 11) is 1.76. The summed E-state index contributed by atoms with van der Waals surface area (Å²) in [6.07, 6.45) is -3.08. The fourth-order valence-electron chi connectivity index (χ4n) is 3.77. The monoisotopic (exact) mass is 566 g/mol. The van der Waals surface area contributed by atoms with Crippen LogP contribution >= 0.6 is 11.6 Å². The summed E-state index contributed by atoms with van der Waals surface area (Å²) in [6.45, 7) is 3.10. The van der Waals surface area contributed by atoms with Crippen LogP contribution in [0.15, 0.2) is 58.3 Å². The molecule has 208 valence electrons. The van der Waals surface area contributed by atoms with E-state index in [4.69, 9.17) is 16.3 Å². The average Bonchev–Trinajstić information content (AvgIpc) is 2.90. The highest BCUT2D eigenvalue weighted by molar-refractivity contribution is 6.32. The van der Waals surface area contributed by atoms with Gasteiger partial charge >= 0.3 is 17.8 Å². The third-order valence-corrected chi connectivity index (χ3v) is 6.38. The molecule has 1 amide bonds. The number of carbonyl (C=O) groups excluding carboxylic acids is 2. The zero-order valence-electron chi connectivity index (χ0n) is 21.3. The van der Waals surface area contributed by atoms with Crippen molar-refractivity contribution in [1.82, 2.24) is 14.5 Å². The van der Waals surface area contributed by atoms with Crippen LogP contribution in [0.25, 0.3) is 5.69 Å². The fourth-order valence-corrected chi connectivity index (χ4v) is 4.06. The zero-order valence-corrected chi connectivity index (χ0v) is 22.0. The van der Waals surface area contributed by atoms with E-state index in [1.54, 1.807) is 19.2 Å². The van der Waals surface area contributed by atoms with Gasteiger partial charge in [0.2, 0.25) is 6.41 Å². The van der Waals surface area contributed by atoms with Crippen molar-refractivity contribution >= 4 is 29.7 Å². The third kappa shape index (κ3) is 6.58. The highest BCUT2D eigenvalue weighted by Gasteiger charge is 2.34. The van der Waals surface area contributed by atoms with Crippen molar-refractivity contribution in [2.24, 2.45) is 0 Å². The molecule has 0 aliphatic rings. The quantitative estimate of drug-likeness (QED) is 0.298. The van der Waals surface area contributed by atoms with Gasteiger partial charge < -0.3 is 15.0 Å². The number of aromatic nitrogens is 2. The molecule has 0 fully saturated rings. The van der Waals surface area contributed by atoms with Crippen molar-refractivity contribution in [2.45, 2.75) is 32.6 Å². The molecule has 0 aliphatic carbocycles. The number of rotatable bonds is 10. The highest BCUT2D eigenvalue weighted by atomic mass is 35.5. The molecule has 1 unspecified atom stereocenters. The average molecular weight is 567 g/mol. The number of benzene rings is 2. The number of nitrogens with one attached hydrogen (secondary N) is 1. The minimum atomic E-state index is -4.76. The number of amides is 1. The number of hydrogen-bond acceptors (Lipinski definition) is 6. The van der Waals surface area contributed by atoms with Gasteiger partial charge in [-0.15, -0.1) is 0 Å². The fraction of sp³-hybridized carbons (Fsp3) is 0.308. The van der Waals surface area contributed by atoms with Gasteiger partial charge in [0, 0.05) is 24.5 Å². The van der Waals surface area contributed by atoms with Crippen LogP contribution in [0.5, 0.6) is 0 Å². The van der Waals surface area contributed by atoms with Crippen LogP contribution < -0.4 is 21.5 Å². The Balaban J connectivity index is 2.15. The predicted molar refractivity (Wildman–Crippen MR) is 140 cm³/mol. The molecule has 1 N–H and O–H groups in total. The molecule has 3 rings (SSSR count). The lowest BCUT2D eigenvalue weighted by molar-refractivity contribution is -0.137. The Morgan fingerprint density at radius 3 is 2.41 bits per heavy atom. The molecule has 2 aromatic carbocycles. The van der Waals surface area contributed by atoms with E-state index in [0.717, 1.165) is 22.9 Å². The summed E-state index contributed by atoms with van der Waals surface area (Å²) in [5, 5.41) is 2.36. The minimum absolute atomic E-state index is 0.00383. The molecular weight excluding hydrogens is 541 g/mol. The number of ether oxygens (including phenoxy) is 1. The van der Waals surface area contributed by atoms with E-state index in [0.29, 0.717) is 23.2 Å². The van der Waals surface area contributed by atoms with Gasteiger partial charge in [-0.2, -0.15) is 13.2 Å². The second kappa shape index (κ2) is 12.3. The molecule has 0 bridgehead atoms. The molecule has 0 saturated carbocycles. The normalized spacial score (nSPS) is 12.2. The molecule has 0 saturated heterocycles. The Labute approximate surface area is 226 Å². The molecule has 0 radical (unpaired) electrons. The molecule has 1 heterocycles. The van der Waals surface area contributed by atoms with Crippen LogP contribution in [0, 0.1) is 0 Å². The smallest absolute Gasteiger partial charge is 0.417 e. The zero-order chi connectivity index (χ0) is 28.9. The molecule has 0 aliphatic heterocycles. The van der Waals surface area contributed by atoms with Crippen molar-refractivity contribution < 1.29 is 27.5 Å². The summed E-state index contributed by atoms with van der Waals surface area (Å²) in [4.78, 5) is 52.1. The number of alkyl halides is 3. The summed E-state index contributed by atoms with van der Waals surface area (Å²) in [5.74, 6) is -1.01. The van der Waals surface area contributed by atoms with Gasteiger partial charge in [-0.25, -0.2) is 9.59 Å². The Kier molecular flexibility index (Phi) is 9.36. The number of anilines is 1. The van der Waals surface area contributed by atoms with Gasteiger partial charge in [0.15, 0.2) is 0 Å². The molecule has 39 heavy (non-hydrogen) atoms. The Hall–Kier alpha value is -3.90. The largest absolute Gasteiger partial charge is 0.462 e. The van der Waals surface area contributed by atoms with Crippen LogP contribution in [-0.2, 0) is 22.3 Å². The van der Waals surface area contributed by atoms with Gasteiger partial charge in [-0.1, -0.05) is 23.7 Å². The van der Waals surface area contributed by atoms with Gasteiger partial charge in [0.05, 0.1) is 29.4 Å². The Morgan fingerprint density at radius 1 is 1.18 bits per heavy atom. The lowest BCUT2D eigenvalue weighted by atomic mass is 10.1. The van der Waals surface area contributed by atoms with E-state index in [9.17, 15) is 32.3 Å². The molecule has 1 atom stereocenters. The van der Waals surface area contributed by atoms with Gasteiger partial charge in [0.1, 0.15) is 5.56 Å². The Morgan fingerprint density at radius 2 is 1.85 bits per heavy atom. The van der Waals surface area contributed by atoms with Gasteiger partial charge in [-0.3, -0.25) is 18.7 Å². The molecule has 3 aromatic rings. The van der Waals surface area contributed by atoms with Gasteiger partial charge in [0.25, 0.3) is 5.56 Å². The summed E-state index contributed by atoms with van der Waals surface area (Å²) < 4.78 is 46.7. The van der Waals surface area contributed by atoms with Crippen LogP contribution in [0.3, 0.4) is 0 Å². The summed E-state index contributed by atoms with van der Waals surface area (Å²) >= 11 is 5.99. The van der Waals surface area contributed by atoms with E-state index >= 15 is 0 Å². The van der Waals surface area contributed by atoms with Crippen molar-refractivity contribution in [3.05, 3.63) is 91.2 Å². The Bertz CT molecular complexity index is 1470. The molecule has 9 nitrogen and oxygen atoms in total. The number of nitrogens with zero attached hydrogens (tertiary/aromatic N) is 3. The molecule has 13 heteroatoms. The van der Waals surface area contributed by atoms with E-state index in [1.165, 1.54) is 30.0 Å². The maximum atomic E-state index is 13.4. The summed E-state index contributed by atoms with van der Waals surface area (Å²) in [6, 6.07) is 9.27. The highest BCUT2D eigenvalue weighted by Crippen LogP contribution is 2.36. The minimum Gasteiger partial charge on any atom is -0.462 e. The van der Waals surface area contributed by atoms with Crippen molar-refractivity contribution in [3.8, 4) is 5.69 Å². The first-order valence-electron chi connectivity index (χ1n) is 11.8. The van der Waals surface area contributed by atoms with Crippen LogP contribution in [-0.4, -0.2) is 47.8 Å². The van der Waals surface area contributed by atoms with Gasteiger partial charge in [-0.05, 0) is 56.8 Å². The standard InChI is InChI=1S/C26H26ClF3N4O5/c1-4-39-24(37)20-14-33(19-10-8-18(9-11-19)32(15-35)12-16(2)31-3)25(38)34(23(20)36)13-17-6-5-7-21(22(17)27)26(28,29)30/h5-11,14-16,31H,4,12-13H2,1-3H3. The van der Waals surface area contributed by atoms with E-state index < -0.39 is 46.1 Å². The number of hydrogen-bond donors (Lipinski definition) is 1. The maximum Gasteiger partial charge on any atom is 0.417 e. The van der Waals surface area contributed by atoms with E-state index in [1.807, 2.05) is 6.92 Å². The first-order valence-corrected chi connectivity index (χ1v) is 12.2. The summed E-state index contributed by atoms with van der Waals surface area (Å²) in [5.41, 5.74) is -2.99. The van der Waals surface area contributed by atoms with Crippen molar-refractivity contribution in [3.63, 3.8) is 0 Å². The first-order chi connectivity index (χ1) is 18.4. The number of likely N-dealkylation sites (N-methyl/N-ethyl adjacent to an activating group) is 1. The van der Waals surface area contributed by atoms with E-state index in [2.05, 4.69) is 5.32 Å². The topological polar surface area (TPSA) is 103 Å². The van der Waals surface area contributed by atoms with Crippen LogP contribution in [0.2, 0.25) is 5.02 Å². The lowest BCUT2D eigenvalue weighted by Gasteiger charge is -2.22. The predicted octanol–water partition coefficient (Wildman–Crippen LogP) is 3.47. The van der Waals surface area contributed by atoms with Crippen LogP contribution in [0.4, 0.5) is 18.9 Å². The molecule has 0 spiro atoms. The van der Waals surface area contributed by atoms with Crippen molar-refractivity contribution in [2.75, 3.05) is 25.1 Å². The second-order valence-electron chi connectivity index (χ2n) is 8.55. The van der Waals surface area contributed by atoms with E-state index in [-0.39, 0.29) is 23.9 Å². The first kappa shape index (κ1) is 29.7. The third-order valence-electron chi connectivity index (χ3n) is 5.93. The molecular formula is C26H26ClF3N4O5. The lowest BCUT2D eigenvalue weighted by Crippen LogP contribution is -2.42. The number of halogens is 4. The van der Waals surface area contributed by atoms with Crippen LogP contribution in [0.1, 0.15) is 35.3 Å². The SMILES string of the molecule is CCOC(=O)c1cn(-c2ccc(N(C=O)CC(C)NC)cc2)c(=O)n(Cc2cccc(C(F)(F)F)c2Cl)c1=O. The maximum absolute atomic E-state index is 13.4. The molecule has 1 aromatic heterocycles.